The maximum absolute atomic E-state index is 12.8. The zero-order valence-electron chi connectivity index (χ0n) is 22.5. The highest BCUT2D eigenvalue weighted by Gasteiger charge is 2.29. The summed E-state index contributed by atoms with van der Waals surface area (Å²) in [6.45, 7) is 3.22. The topological polar surface area (TPSA) is 92.3 Å². The number of aromatic nitrogens is 2. The van der Waals surface area contributed by atoms with E-state index in [1.54, 1.807) is 13.8 Å². The van der Waals surface area contributed by atoms with Crippen molar-refractivity contribution in [2.75, 3.05) is 19.0 Å². The Balaban J connectivity index is 1.23. The second-order valence-electron chi connectivity index (χ2n) is 10.6. The third kappa shape index (κ3) is 6.49. The molecule has 3 aromatic rings. The molecule has 38 heavy (non-hydrogen) atoms. The number of halogens is 1. The summed E-state index contributed by atoms with van der Waals surface area (Å²) in [4.78, 5) is 24.8. The van der Waals surface area contributed by atoms with Crippen LogP contribution < -0.4 is 10.2 Å². The Morgan fingerprint density at radius 2 is 1.84 bits per heavy atom. The second-order valence-corrected chi connectivity index (χ2v) is 14.4. The van der Waals surface area contributed by atoms with Crippen LogP contribution in [-0.4, -0.2) is 49.7 Å². The smallest absolute Gasteiger partial charge is 0.263 e. The summed E-state index contributed by atoms with van der Waals surface area (Å²) in [5.41, 5.74) is 0.989. The fraction of sp³-hybridized carbons (Fsp3) is 0.536. The lowest BCUT2D eigenvalue weighted by Crippen LogP contribution is -2.37. The van der Waals surface area contributed by atoms with Crippen molar-refractivity contribution in [2.45, 2.75) is 81.4 Å². The van der Waals surface area contributed by atoms with Crippen LogP contribution >= 0.6 is 22.9 Å². The van der Waals surface area contributed by atoms with Gasteiger partial charge in [-0.15, -0.1) is 11.3 Å². The minimum atomic E-state index is -3.52. The third-order valence-electron chi connectivity index (χ3n) is 7.33. The Hall–Kier alpha value is -2.23. The number of carbonyl (C=O) groups excluding carboxylic acids is 1. The molecule has 1 saturated carbocycles. The third-order valence-corrected chi connectivity index (χ3v) is 11.3. The maximum Gasteiger partial charge on any atom is 0.263 e. The van der Waals surface area contributed by atoms with E-state index in [-0.39, 0.29) is 26.7 Å². The van der Waals surface area contributed by atoms with E-state index in [1.165, 1.54) is 11.8 Å². The summed E-state index contributed by atoms with van der Waals surface area (Å²) in [7, 11) is 0.513. The molecule has 0 bridgehead atoms. The number of unbranched alkanes of at least 4 members (excludes halogenated alkanes) is 1. The molecule has 4 rings (SSSR count). The highest BCUT2D eigenvalue weighted by molar-refractivity contribution is 7.92. The number of sulfone groups is 1. The summed E-state index contributed by atoms with van der Waals surface area (Å²) in [6, 6.07) is 8.24. The van der Waals surface area contributed by atoms with E-state index in [9.17, 15) is 13.2 Å². The van der Waals surface area contributed by atoms with E-state index in [0.29, 0.717) is 5.92 Å². The summed E-state index contributed by atoms with van der Waals surface area (Å²) in [6.07, 6.45) is 8.23. The van der Waals surface area contributed by atoms with Gasteiger partial charge in [0.15, 0.2) is 9.84 Å². The average Bonchev–Trinajstić information content (AvgIpc) is 3.29. The van der Waals surface area contributed by atoms with E-state index < -0.39 is 15.1 Å². The predicted octanol–water partition coefficient (Wildman–Crippen LogP) is 6.29. The number of nitrogens with zero attached hydrogens (tertiary/aromatic N) is 3. The van der Waals surface area contributed by atoms with Crippen molar-refractivity contribution >= 4 is 55.4 Å². The van der Waals surface area contributed by atoms with Gasteiger partial charge in [-0.3, -0.25) is 4.79 Å². The summed E-state index contributed by atoms with van der Waals surface area (Å²) >= 11 is 7.41. The molecule has 1 N–H and O–H groups in total. The van der Waals surface area contributed by atoms with Crippen LogP contribution in [0.25, 0.3) is 10.9 Å². The first kappa shape index (κ1) is 28.8. The highest BCUT2D eigenvalue weighted by Crippen LogP contribution is 2.34. The van der Waals surface area contributed by atoms with Crippen LogP contribution in [0.5, 0.6) is 0 Å². The van der Waals surface area contributed by atoms with Gasteiger partial charge in [-0.1, -0.05) is 36.6 Å². The number of amides is 1. The van der Waals surface area contributed by atoms with Crippen LogP contribution in [0.2, 0.25) is 5.02 Å². The number of benzene rings is 1. The fourth-order valence-electron chi connectivity index (χ4n) is 5.05. The summed E-state index contributed by atoms with van der Waals surface area (Å²) in [5.74, 6) is 2.25. The van der Waals surface area contributed by atoms with Gasteiger partial charge >= 0.3 is 0 Å². The lowest BCUT2D eigenvalue weighted by atomic mass is 9.83. The number of carbonyl (C=O) groups is 1. The van der Waals surface area contributed by atoms with Gasteiger partial charge < -0.3 is 10.2 Å². The molecule has 1 aliphatic rings. The molecule has 1 aliphatic carbocycles. The molecule has 1 amide bonds. The number of anilines is 1. The fourth-order valence-corrected chi connectivity index (χ4v) is 8.04. The van der Waals surface area contributed by atoms with Crippen molar-refractivity contribution in [3.8, 4) is 0 Å². The Morgan fingerprint density at radius 3 is 2.53 bits per heavy atom. The Kier molecular flexibility index (Phi) is 9.31. The Morgan fingerprint density at radius 1 is 1.13 bits per heavy atom. The SMILES string of the molecule is CC(C)S(=O)(=O)c1csc(C(=O)NC2CCC(CCCCc3nc(N(C)C)c4ccccc4n3)CC2)c1Cl. The zero-order valence-corrected chi connectivity index (χ0v) is 24.9. The molecule has 0 saturated heterocycles. The van der Waals surface area contributed by atoms with Crippen molar-refractivity contribution in [3.63, 3.8) is 0 Å². The number of nitrogens with one attached hydrogen (secondary N) is 1. The monoisotopic (exact) mass is 576 g/mol. The molecule has 10 heteroatoms. The first-order chi connectivity index (χ1) is 18.1. The Bertz CT molecular complexity index is 1380. The molecule has 0 atom stereocenters. The Labute approximate surface area is 234 Å². The number of fused-ring (bicyclic) bond motifs is 1. The summed E-state index contributed by atoms with van der Waals surface area (Å²) < 4.78 is 25.0. The average molecular weight is 577 g/mol. The van der Waals surface area contributed by atoms with Gasteiger partial charge in [0.1, 0.15) is 16.5 Å². The minimum Gasteiger partial charge on any atom is -0.362 e. The van der Waals surface area contributed by atoms with Gasteiger partial charge in [-0.2, -0.15) is 0 Å². The number of aryl methyl sites for hydroxylation is 1. The molecule has 206 valence electrons. The molecular weight excluding hydrogens is 540 g/mol. The van der Waals surface area contributed by atoms with E-state index in [4.69, 9.17) is 21.6 Å². The molecule has 0 radical (unpaired) electrons. The first-order valence-electron chi connectivity index (χ1n) is 13.3. The lowest BCUT2D eigenvalue weighted by molar-refractivity contribution is 0.0925. The van der Waals surface area contributed by atoms with Gasteiger partial charge in [0.25, 0.3) is 5.91 Å². The molecule has 1 fully saturated rings. The quantitative estimate of drug-likeness (QED) is 0.285. The van der Waals surface area contributed by atoms with E-state index in [1.807, 2.05) is 37.2 Å². The number of hydrogen-bond acceptors (Lipinski definition) is 7. The predicted molar refractivity (Wildman–Crippen MR) is 156 cm³/mol. The number of thiophene rings is 1. The van der Waals surface area contributed by atoms with Crippen molar-refractivity contribution in [2.24, 2.45) is 5.92 Å². The highest BCUT2D eigenvalue weighted by atomic mass is 35.5. The van der Waals surface area contributed by atoms with Crippen LogP contribution in [0, 0.1) is 5.92 Å². The lowest BCUT2D eigenvalue weighted by Gasteiger charge is -2.29. The summed E-state index contributed by atoms with van der Waals surface area (Å²) in [5, 5.41) is 5.09. The van der Waals surface area contributed by atoms with Gasteiger partial charge in [0.2, 0.25) is 0 Å². The van der Waals surface area contributed by atoms with Crippen molar-refractivity contribution in [1.82, 2.24) is 15.3 Å². The molecule has 0 aliphatic heterocycles. The van der Waals surface area contributed by atoms with E-state index in [2.05, 4.69) is 11.4 Å². The number of hydrogen-bond donors (Lipinski definition) is 1. The standard InChI is InChI=1S/C28H37ClN4O3S2/c1-18(2)38(35,36)23-17-37-26(25(23)29)28(34)30-20-15-13-19(14-16-20)9-5-8-12-24-31-22-11-7-6-10-21(22)27(32-24)33(3)4/h6-7,10-11,17-20H,5,8-9,12-16H2,1-4H3,(H,30,34). The van der Waals surface area contributed by atoms with Crippen molar-refractivity contribution in [1.29, 1.82) is 0 Å². The molecule has 0 spiro atoms. The minimum absolute atomic E-state index is 0.0444. The van der Waals surface area contributed by atoms with Crippen LogP contribution in [0.4, 0.5) is 5.82 Å². The van der Waals surface area contributed by atoms with Crippen molar-refractivity contribution < 1.29 is 13.2 Å². The van der Waals surface area contributed by atoms with Gasteiger partial charge in [0.05, 0.1) is 20.7 Å². The second kappa shape index (κ2) is 12.3. The van der Waals surface area contributed by atoms with Crippen LogP contribution in [-0.2, 0) is 16.3 Å². The van der Waals surface area contributed by atoms with E-state index >= 15 is 0 Å². The normalized spacial score (nSPS) is 18.2. The molecule has 0 unspecified atom stereocenters. The molecule has 7 nitrogen and oxygen atoms in total. The van der Waals surface area contributed by atoms with Crippen LogP contribution in [0.1, 0.15) is 74.3 Å². The number of para-hydroxylation sites is 1. The van der Waals surface area contributed by atoms with Gasteiger partial charge in [-0.05, 0) is 64.0 Å². The van der Waals surface area contributed by atoms with E-state index in [0.717, 1.165) is 78.8 Å². The van der Waals surface area contributed by atoms with Crippen LogP contribution in [0.15, 0.2) is 34.5 Å². The van der Waals surface area contributed by atoms with Gasteiger partial charge in [0, 0.05) is 37.3 Å². The molecule has 2 heterocycles. The van der Waals surface area contributed by atoms with Gasteiger partial charge in [-0.25, -0.2) is 18.4 Å². The zero-order chi connectivity index (χ0) is 27.4. The van der Waals surface area contributed by atoms with Crippen molar-refractivity contribution in [3.05, 3.63) is 45.4 Å². The molecule has 2 aromatic heterocycles. The molecular formula is C28H37ClN4O3S2. The first-order valence-corrected chi connectivity index (χ1v) is 16.1. The molecule has 1 aromatic carbocycles. The number of rotatable bonds is 10. The van der Waals surface area contributed by atoms with Crippen LogP contribution in [0.3, 0.4) is 0 Å². The maximum atomic E-state index is 12.8. The largest absolute Gasteiger partial charge is 0.362 e.